The van der Waals surface area contributed by atoms with Gasteiger partial charge >= 0.3 is 0 Å². The Kier molecular flexibility index (Phi) is 3.90. The normalized spacial score (nSPS) is 20.2. The van der Waals surface area contributed by atoms with Gasteiger partial charge in [-0.25, -0.2) is 0 Å². The smallest absolute Gasteiger partial charge is 0.0181 e. The monoisotopic (exact) mass is 317 g/mol. The summed E-state index contributed by atoms with van der Waals surface area (Å²) in [6.45, 7) is 4.83. The molecule has 0 unspecified atom stereocenters. The van der Waals surface area contributed by atoms with Gasteiger partial charge in [0.2, 0.25) is 0 Å². The van der Waals surface area contributed by atoms with Crippen LogP contribution in [0.25, 0.3) is 10.8 Å². The van der Waals surface area contributed by atoms with Crippen LogP contribution < -0.4 is 0 Å². The van der Waals surface area contributed by atoms with Crippen molar-refractivity contribution in [3.63, 3.8) is 0 Å². The molecule has 0 aromatic heterocycles. The maximum absolute atomic E-state index is 3.53. The van der Waals surface area contributed by atoms with Crippen molar-refractivity contribution in [2.75, 3.05) is 13.1 Å². The van der Waals surface area contributed by atoms with E-state index in [1.807, 2.05) is 0 Å². The molecule has 1 saturated heterocycles. The van der Waals surface area contributed by atoms with E-state index in [-0.39, 0.29) is 0 Å². The number of rotatable bonds is 3. The van der Waals surface area contributed by atoms with Crippen LogP contribution in [-0.2, 0) is 6.42 Å². The molecule has 0 bridgehead atoms. The highest BCUT2D eigenvalue weighted by Gasteiger charge is 2.19. The SMILES string of the molecule is C[C@@H]1CCCN1CCc1ccc2cc(Br)ccc2c1. The van der Waals surface area contributed by atoms with E-state index in [2.05, 4.69) is 64.2 Å². The van der Waals surface area contributed by atoms with E-state index in [1.165, 1.54) is 42.3 Å². The molecule has 0 aliphatic carbocycles. The summed E-state index contributed by atoms with van der Waals surface area (Å²) in [4.78, 5) is 2.62. The molecule has 2 heteroatoms. The van der Waals surface area contributed by atoms with Gasteiger partial charge in [0.25, 0.3) is 0 Å². The molecule has 2 aromatic carbocycles. The zero-order valence-corrected chi connectivity index (χ0v) is 13.0. The average molecular weight is 318 g/mol. The second-order valence-electron chi connectivity index (χ2n) is 5.60. The first-order valence-corrected chi connectivity index (χ1v) is 7.94. The van der Waals surface area contributed by atoms with E-state index in [0.717, 1.165) is 16.9 Å². The van der Waals surface area contributed by atoms with Crippen molar-refractivity contribution in [3.8, 4) is 0 Å². The Balaban J connectivity index is 1.72. The first-order valence-electron chi connectivity index (χ1n) is 7.14. The fraction of sp³-hybridized carbons (Fsp3) is 0.412. The third kappa shape index (κ3) is 3.01. The summed E-state index contributed by atoms with van der Waals surface area (Å²) >= 11 is 3.53. The van der Waals surface area contributed by atoms with Crippen LogP contribution in [0.2, 0.25) is 0 Å². The largest absolute Gasteiger partial charge is 0.300 e. The summed E-state index contributed by atoms with van der Waals surface area (Å²) in [5.74, 6) is 0. The molecular formula is C17H20BrN. The fourth-order valence-electron chi connectivity index (χ4n) is 3.02. The molecular weight excluding hydrogens is 298 g/mol. The maximum atomic E-state index is 3.53. The molecule has 19 heavy (non-hydrogen) atoms. The van der Waals surface area contributed by atoms with Gasteiger partial charge in [-0.15, -0.1) is 0 Å². The van der Waals surface area contributed by atoms with Crippen LogP contribution in [0.15, 0.2) is 40.9 Å². The van der Waals surface area contributed by atoms with Crippen LogP contribution in [0.5, 0.6) is 0 Å². The molecule has 100 valence electrons. The minimum absolute atomic E-state index is 0.774. The Bertz CT molecular complexity index is 578. The van der Waals surface area contributed by atoms with Gasteiger partial charge < -0.3 is 4.90 Å². The van der Waals surface area contributed by atoms with Gasteiger partial charge in [-0.3, -0.25) is 0 Å². The molecule has 1 nitrogen and oxygen atoms in total. The number of hydrogen-bond acceptors (Lipinski definition) is 1. The van der Waals surface area contributed by atoms with E-state index < -0.39 is 0 Å². The van der Waals surface area contributed by atoms with Crippen LogP contribution in [0.1, 0.15) is 25.3 Å². The van der Waals surface area contributed by atoms with Crippen molar-refractivity contribution in [1.29, 1.82) is 0 Å². The number of likely N-dealkylation sites (tertiary alicyclic amines) is 1. The lowest BCUT2D eigenvalue weighted by atomic mass is 10.0. The van der Waals surface area contributed by atoms with Gasteiger partial charge in [0.05, 0.1) is 0 Å². The lowest BCUT2D eigenvalue weighted by molar-refractivity contribution is 0.272. The van der Waals surface area contributed by atoms with Gasteiger partial charge in [0, 0.05) is 17.1 Å². The lowest BCUT2D eigenvalue weighted by Crippen LogP contribution is -2.28. The van der Waals surface area contributed by atoms with Crippen LogP contribution in [0.4, 0.5) is 0 Å². The highest BCUT2D eigenvalue weighted by atomic mass is 79.9. The fourth-order valence-corrected chi connectivity index (χ4v) is 3.40. The molecule has 0 amide bonds. The predicted octanol–water partition coefficient (Wildman–Crippen LogP) is 4.63. The van der Waals surface area contributed by atoms with E-state index in [9.17, 15) is 0 Å². The summed E-state index contributed by atoms with van der Waals surface area (Å²) in [5.41, 5.74) is 1.45. The van der Waals surface area contributed by atoms with Crippen molar-refractivity contribution in [3.05, 3.63) is 46.4 Å². The second kappa shape index (κ2) is 5.64. The van der Waals surface area contributed by atoms with Crippen molar-refractivity contribution in [1.82, 2.24) is 4.90 Å². The summed E-state index contributed by atoms with van der Waals surface area (Å²) in [5, 5.41) is 2.66. The number of benzene rings is 2. The highest BCUT2D eigenvalue weighted by molar-refractivity contribution is 9.10. The number of nitrogens with zero attached hydrogens (tertiary/aromatic N) is 1. The molecule has 2 aromatic rings. The Morgan fingerprint density at radius 3 is 2.74 bits per heavy atom. The molecule has 0 radical (unpaired) electrons. The van der Waals surface area contributed by atoms with Crippen molar-refractivity contribution < 1.29 is 0 Å². The summed E-state index contributed by atoms with van der Waals surface area (Å²) in [7, 11) is 0. The standard InChI is InChI=1S/C17H20BrN/c1-13-3-2-9-19(13)10-8-14-4-5-16-12-17(18)7-6-15(16)11-14/h4-7,11-13H,2-3,8-10H2,1H3/t13-/m1/s1. The van der Waals surface area contributed by atoms with E-state index >= 15 is 0 Å². The molecule has 1 aliphatic rings. The molecule has 1 atom stereocenters. The Morgan fingerprint density at radius 2 is 1.95 bits per heavy atom. The number of fused-ring (bicyclic) bond motifs is 1. The quantitative estimate of drug-likeness (QED) is 0.797. The van der Waals surface area contributed by atoms with Gasteiger partial charge in [0.15, 0.2) is 0 Å². The van der Waals surface area contributed by atoms with Gasteiger partial charge in [-0.2, -0.15) is 0 Å². The van der Waals surface area contributed by atoms with Gasteiger partial charge in [-0.05, 0) is 61.2 Å². The Labute approximate surface area is 123 Å². The minimum atomic E-state index is 0.774. The van der Waals surface area contributed by atoms with Crippen LogP contribution >= 0.6 is 15.9 Å². The predicted molar refractivity (Wildman–Crippen MR) is 85.6 cm³/mol. The molecule has 0 N–H and O–H groups in total. The van der Waals surface area contributed by atoms with Gasteiger partial charge in [0.1, 0.15) is 0 Å². The van der Waals surface area contributed by atoms with Crippen LogP contribution in [0, 0.1) is 0 Å². The van der Waals surface area contributed by atoms with E-state index in [1.54, 1.807) is 0 Å². The number of halogens is 1. The third-order valence-electron chi connectivity index (χ3n) is 4.24. The van der Waals surface area contributed by atoms with E-state index in [4.69, 9.17) is 0 Å². The molecule has 1 heterocycles. The van der Waals surface area contributed by atoms with Crippen molar-refractivity contribution in [2.24, 2.45) is 0 Å². The molecule has 0 saturated carbocycles. The second-order valence-corrected chi connectivity index (χ2v) is 6.52. The third-order valence-corrected chi connectivity index (χ3v) is 4.74. The van der Waals surface area contributed by atoms with Crippen LogP contribution in [-0.4, -0.2) is 24.0 Å². The molecule has 0 spiro atoms. The van der Waals surface area contributed by atoms with E-state index in [0.29, 0.717) is 0 Å². The zero-order chi connectivity index (χ0) is 13.2. The molecule has 3 rings (SSSR count). The summed E-state index contributed by atoms with van der Waals surface area (Å²) in [6, 6.07) is 14.1. The Hall–Kier alpha value is -0.860. The Morgan fingerprint density at radius 1 is 1.16 bits per heavy atom. The minimum Gasteiger partial charge on any atom is -0.300 e. The summed E-state index contributed by atoms with van der Waals surface area (Å²) in [6.07, 6.45) is 3.90. The first kappa shape index (κ1) is 13.1. The molecule has 1 aliphatic heterocycles. The van der Waals surface area contributed by atoms with Gasteiger partial charge in [-0.1, -0.05) is 40.2 Å². The van der Waals surface area contributed by atoms with Crippen LogP contribution in [0.3, 0.4) is 0 Å². The first-order chi connectivity index (χ1) is 9.22. The average Bonchev–Trinajstić information content (AvgIpc) is 2.82. The zero-order valence-electron chi connectivity index (χ0n) is 11.4. The molecule has 1 fully saturated rings. The van der Waals surface area contributed by atoms with Crippen molar-refractivity contribution in [2.45, 2.75) is 32.2 Å². The lowest BCUT2D eigenvalue weighted by Gasteiger charge is -2.20. The maximum Gasteiger partial charge on any atom is 0.0181 e. The van der Waals surface area contributed by atoms with Crippen molar-refractivity contribution >= 4 is 26.7 Å². The highest BCUT2D eigenvalue weighted by Crippen LogP contribution is 2.22. The summed E-state index contributed by atoms with van der Waals surface area (Å²) < 4.78 is 1.15. The number of hydrogen-bond donors (Lipinski definition) is 0. The topological polar surface area (TPSA) is 3.24 Å².